The van der Waals surface area contributed by atoms with Crippen molar-refractivity contribution in [1.82, 2.24) is 0 Å². The minimum atomic E-state index is -4.63. The molecule has 0 aliphatic rings. The second-order valence-corrected chi connectivity index (χ2v) is 17.2. The van der Waals surface area contributed by atoms with E-state index in [0.29, 0.717) is 19.3 Å². The highest BCUT2D eigenvalue weighted by atomic mass is 31.2. The Balaban J connectivity index is 4.30. The zero-order valence-corrected chi connectivity index (χ0v) is 38.4. The van der Waals surface area contributed by atoms with Crippen LogP contribution in [-0.4, -0.2) is 65.7 Å². The Hall–Kier alpha value is -2.07. The van der Waals surface area contributed by atoms with Crippen LogP contribution in [0.15, 0.2) is 48.6 Å². The molecule has 0 amide bonds. The van der Waals surface area contributed by atoms with E-state index in [1.807, 2.05) is 6.08 Å². The second kappa shape index (κ2) is 44.0. The van der Waals surface area contributed by atoms with Crippen molar-refractivity contribution < 1.29 is 47.8 Å². The highest BCUT2D eigenvalue weighted by molar-refractivity contribution is 7.47. The summed E-state index contributed by atoms with van der Waals surface area (Å²) >= 11 is 0. The Morgan fingerprint density at radius 1 is 0.508 bits per heavy atom. The van der Waals surface area contributed by atoms with Crippen LogP contribution in [0.25, 0.3) is 0 Å². The van der Waals surface area contributed by atoms with Crippen molar-refractivity contribution >= 4 is 19.8 Å². The van der Waals surface area contributed by atoms with Crippen molar-refractivity contribution in [3.05, 3.63) is 48.6 Å². The van der Waals surface area contributed by atoms with Gasteiger partial charge in [0, 0.05) is 12.8 Å². The highest BCUT2D eigenvalue weighted by Crippen LogP contribution is 2.43. The molecule has 3 atom stereocenters. The van der Waals surface area contributed by atoms with Gasteiger partial charge >= 0.3 is 19.8 Å². The van der Waals surface area contributed by atoms with Crippen LogP contribution >= 0.6 is 7.82 Å². The van der Waals surface area contributed by atoms with Gasteiger partial charge in [-0.2, -0.15) is 0 Å². The molecule has 3 N–H and O–H groups in total. The molecule has 0 spiro atoms. The fourth-order valence-electron chi connectivity index (χ4n) is 6.30. The lowest BCUT2D eigenvalue weighted by Gasteiger charge is -2.20. The minimum Gasteiger partial charge on any atom is -0.462 e. The van der Waals surface area contributed by atoms with Crippen LogP contribution in [0.3, 0.4) is 0 Å². The maximum absolute atomic E-state index is 12.6. The first kappa shape index (κ1) is 56.9. The van der Waals surface area contributed by atoms with Crippen LogP contribution in [0.5, 0.6) is 0 Å². The van der Waals surface area contributed by atoms with Crippen molar-refractivity contribution in [2.24, 2.45) is 0 Å². The average molecular weight is 855 g/mol. The number of rotatable bonds is 44. The van der Waals surface area contributed by atoms with Crippen LogP contribution in [0.2, 0.25) is 0 Å². The molecule has 0 aromatic heterocycles. The Bertz CT molecular complexity index is 1120. The smallest absolute Gasteiger partial charge is 0.462 e. The number of ether oxygens (including phenoxy) is 2. The van der Waals surface area contributed by atoms with Gasteiger partial charge in [-0.15, -0.1) is 0 Å². The Kier molecular flexibility index (Phi) is 42.5. The normalized spacial score (nSPS) is 14.2. The molecule has 0 rings (SSSR count). The summed E-state index contributed by atoms with van der Waals surface area (Å²) in [5, 5.41) is 18.4. The molecule has 0 saturated heterocycles. The first-order chi connectivity index (χ1) is 28.7. The van der Waals surface area contributed by atoms with Crippen LogP contribution < -0.4 is 0 Å². The van der Waals surface area contributed by atoms with Crippen LogP contribution in [0.4, 0.5) is 0 Å². The van der Waals surface area contributed by atoms with Gasteiger partial charge in [0.25, 0.3) is 0 Å². The molecule has 0 heterocycles. The van der Waals surface area contributed by atoms with Gasteiger partial charge in [0.15, 0.2) is 6.10 Å². The Morgan fingerprint density at radius 3 is 1.39 bits per heavy atom. The number of aliphatic hydroxyl groups excluding tert-OH is 2. The lowest BCUT2D eigenvalue weighted by molar-refractivity contribution is -0.161. The summed E-state index contributed by atoms with van der Waals surface area (Å²) in [7, 11) is -4.63. The summed E-state index contributed by atoms with van der Waals surface area (Å²) in [5.41, 5.74) is 0. The molecule has 0 aromatic rings. The summed E-state index contributed by atoms with van der Waals surface area (Å²) < 4.78 is 32.7. The molecule has 59 heavy (non-hydrogen) atoms. The molecule has 344 valence electrons. The Labute approximate surface area is 360 Å². The number of phosphoric ester groups is 1. The van der Waals surface area contributed by atoms with Gasteiger partial charge in [-0.1, -0.05) is 172 Å². The number of esters is 2. The second-order valence-electron chi connectivity index (χ2n) is 15.8. The van der Waals surface area contributed by atoms with Crippen molar-refractivity contribution in [3.63, 3.8) is 0 Å². The number of allylic oxidation sites excluding steroid dienone is 8. The SMILES string of the molecule is CCCCC/C=C/C/C=C/CCCCCCCCCCCC(=O)OC[C@H](COP(=O)(O)OC[C@@H](O)CO)OC(=O)CCC/C=C/C/C=C/CCCCCCCCCCC. The lowest BCUT2D eigenvalue weighted by atomic mass is 10.1. The quantitative estimate of drug-likeness (QED) is 0.0234. The number of hydrogen-bond donors (Lipinski definition) is 3. The van der Waals surface area contributed by atoms with E-state index < -0.39 is 51.8 Å². The standard InChI is InChI=1S/C48H87O10P/c1-3-5-7-9-11-13-15-17-19-21-22-24-25-27-29-31-33-35-37-39-47(51)55-43-46(44-57-59(53,54)56-42-45(50)41-49)58-48(52)40-38-36-34-32-30-28-26-23-20-18-16-14-12-10-8-6-4-2/h11,13,17,19,26,28,32,34,45-46,49-50H,3-10,12,14-16,18,20-25,27,29-31,33,35-44H2,1-2H3,(H,53,54)/b13-11+,19-17+,28-26+,34-32+/t45-,46+/m0/s1. The molecule has 0 aliphatic heterocycles. The van der Waals surface area contributed by atoms with E-state index in [-0.39, 0.29) is 19.4 Å². The zero-order valence-electron chi connectivity index (χ0n) is 37.5. The van der Waals surface area contributed by atoms with E-state index in [9.17, 15) is 24.2 Å². The molecule has 10 nitrogen and oxygen atoms in total. The van der Waals surface area contributed by atoms with Gasteiger partial charge in [0.2, 0.25) is 0 Å². The van der Waals surface area contributed by atoms with E-state index >= 15 is 0 Å². The van der Waals surface area contributed by atoms with E-state index in [1.54, 1.807) is 0 Å². The van der Waals surface area contributed by atoms with Gasteiger partial charge in [0.1, 0.15) is 12.7 Å². The number of carbonyl (C=O) groups is 2. The molecule has 0 fully saturated rings. The summed E-state index contributed by atoms with van der Waals surface area (Å²) in [5.74, 6) is -0.980. The monoisotopic (exact) mass is 855 g/mol. The number of hydrogen-bond acceptors (Lipinski definition) is 9. The molecule has 0 aromatic carbocycles. The summed E-state index contributed by atoms with van der Waals surface area (Å²) in [6, 6.07) is 0. The first-order valence-electron chi connectivity index (χ1n) is 23.6. The molecule has 11 heteroatoms. The number of phosphoric acid groups is 1. The summed E-state index contributed by atoms with van der Waals surface area (Å²) in [6.45, 7) is 2.32. The molecule has 0 radical (unpaired) electrons. The number of carbonyl (C=O) groups excluding carboxylic acids is 2. The fraction of sp³-hybridized carbons (Fsp3) is 0.792. The van der Waals surface area contributed by atoms with E-state index in [4.69, 9.17) is 23.6 Å². The van der Waals surface area contributed by atoms with Crippen LogP contribution in [0.1, 0.15) is 206 Å². The van der Waals surface area contributed by atoms with Crippen molar-refractivity contribution in [2.75, 3.05) is 26.4 Å². The van der Waals surface area contributed by atoms with E-state index in [1.165, 1.54) is 116 Å². The maximum Gasteiger partial charge on any atom is 0.472 e. The average Bonchev–Trinajstić information content (AvgIpc) is 3.22. The number of unbranched alkanes of at least 4 members (excludes halogenated alkanes) is 22. The van der Waals surface area contributed by atoms with Gasteiger partial charge in [-0.25, -0.2) is 4.57 Å². The molecule has 0 aliphatic carbocycles. The van der Waals surface area contributed by atoms with Crippen molar-refractivity contribution in [2.45, 2.75) is 219 Å². The summed E-state index contributed by atoms with van der Waals surface area (Å²) in [6.07, 6.45) is 48.0. The van der Waals surface area contributed by atoms with E-state index in [2.05, 4.69) is 56.4 Å². The first-order valence-corrected chi connectivity index (χ1v) is 25.1. The summed E-state index contributed by atoms with van der Waals surface area (Å²) in [4.78, 5) is 35.0. The highest BCUT2D eigenvalue weighted by Gasteiger charge is 2.27. The molecule has 1 unspecified atom stereocenters. The van der Waals surface area contributed by atoms with Gasteiger partial charge < -0.3 is 24.6 Å². The Morgan fingerprint density at radius 2 is 0.898 bits per heavy atom. The zero-order chi connectivity index (χ0) is 43.3. The molecular weight excluding hydrogens is 767 g/mol. The third-order valence-corrected chi connectivity index (χ3v) is 10.9. The maximum atomic E-state index is 12.6. The van der Waals surface area contributed by atoms with E-state index in [0.717, 1.165) is 44.9 Å². The molecular formula is C48H87O10P. The third kappa shape index (κ3) is 43.8. The third-order valence-electron chi connectivity index (χ3n) is 9.96. The topological polar surface area (TPSA) is 149 Å². The largest absolute Gasteiger partial charge is 0.472 e. The van der Waals surface area contributed by atoms with Crippen molar-refractivity contribution in [3.8, 4) is 0 Å². The number of aliphatic hydroxyl groups is 2. The lowest BCUT2D eigenvalue weighted by Crippen LogP contribution is -2.29. The van der Waals surface area contributed by atoms with Gasteiger partial charge in [0.05, 0.1) is 19.8 Å². The minimum absolute atomic E-state index is 0.119. The van der Waals surface area contributed by atoms with Crippen LogP contribution in [0, 0.1) is 0 Å². The fourth-order valence-corrected chi connectivity index (χ4v) is 7.09. The predicted molar refractivity (Wildman–Crippen MR) is 242 cm³/mol. The molecule has 0 bridgehead atoms. The van der Waals surface area contributed by atoms with Gasteiger partial charge in [-0.05, 0) is 70.6 Å². The molecule has 0 saturated carbocycles. The van der Waals surface area contributed by atoms with Gasteiger partial charge in [-0.3, -0.25) is 18.6 Å². The predicted octanol–water partition coefficient (Wildman–Crippen LogP) is 12.9. The van der Waals surface area contributed by atoms with Crippen molar-refractivity contribution in [1.29, 1.82) is 0 Å². The van der Waals surface area contributed by atoms with Crippen LogP contribution in [-0.2, 0) is 32.7 Å².